The van der Waals surface area contributed by atoms with Crippen molar-refractivity contribution in [3.05, 3.63) is 89.5 Å². The number of nitrogens with two attached hydrogens (primary N) is 1. The summed E-state index contributed by atoms with van der Waals surface area (Å²) in [4.78, 5) is 24.0. The number of carbonyl (C=O) groups is 2. The Bertz CT molecular complexity index is 1060. The molecule has 1 atom stereocenters. The van der Waals surface area contributed by atoms with Crippen LogP contribution in [0, 0.1) is 0 Å². The summed E-state index contributed by atoms with van der Waals surface area (Å²) in [5.41, 5.74) is 8.02. The van der Waals surface area contributed by atoms with Gasteiger partial charge in [0, 0.05) is 18.0 Å². The molecule has 0 bridgehead atoms. The van der Waals surface area contributed by atoms with Gasteiger partial charge in [-0.15, -0.1) is 0 Å². The fourth-order valence-electron chi connectivity index (χ4n) is 3.86. The molecule has 0 spiro atoms. The molecular formula is C24H22N2O4. The molecule has 30 heavy (non-hydrogen) atoms. The summed E-state index contributed by atoms with van der Waals surface area (Å²) in [5, 5.41) is 12.0. The fourth-order valence-corrected chi connectivity index (χ4v) is 3.86. The minimum absolute atomic E-state index is 0.0913. The van der Waals surface area contributed by atoms with E-state index >= 15 is 0 Å². The number of carbonyl (C=O) groups excluding carboxylic acids is 1. The van der Waals surface area contributed by atoms with E-state index in [0.717, 1.165) is 27.8 Å². The number of carboxylic acid groups (broad SMARTS) is 1. The van der Waals surface area contributed by atoms with Crippen LogP contribution in [0.1, 0.15) is 22.6 Å². The molecular weight excluding hydrogens is 380 g/mol. The zero-order valence-corrected chi connectivity index (χ0v) is 16.2. The number of nitrogen functional groups attached to an aromatic ring is 1. The van der Waals surface area contributed by atoms with E-state index in [1.807, 2.05) is 36.4 Å². The average Bonchev–Trinajstić information content (AvgIpc) is 3.11. The van der Waals surface area contributed by atoms with Gasteiger partial charge in [-0.2, -0.15) is 0 Å². The van der Waals surface area contributed by atoms with E-state index in [0.29, 0.717) is 5.69 Å². The van der Waals surface area contributed by atoms with Gasteiger partial charge in [-0.1, -0.05) is 60.7 Å². The van der Waals surface area contributed by atoms with E-state index < -0.39 is 18.1 Å². The number of hydrogen-bond acceptors (Lipinski definition) is 4. The largest absolute Gasteiger partial charge is 0.480 e. The lowest BCUT2D eigenvalue weighted by atomic mass is 9.98. The van der Waals surface area contributed by atoms with Crippen LogP contribution in [-0.4, -0.2) is 29.8 Å². The molecule has 4 rings (SSSR count). The summed E-state index contributed by atoms with van der Waals surface area (Å²) >= 11 is 0. The van der Waals surface area contributed by atoms with Crippen LogP contribution in [0.25, 0.3) is 11.1 Å². The molecule has 0 heterocycles. The van der Waals surface area contributed by atoms with Crippen molar-refractivity contribution in [1.82, 2.24) is 5.32 Å². The highest BCUT2D eigenvalue weighted by Crippen LogP contribution is 2.44. The molecule has 0 fully saturated rings. The molecule has 4 N–H and O–H groups in total. The Morgan fingerprint density at radius 3 is 2.17 bits per heavy atom. The maximum atomic E-state index is 12.4. The summed E-state index contributed by atoms with van der Waals surface area (Å²) in [6, 6.07) is 21.7. The van der Waals surface area contributed by atoms with Gasteiger partial charge in [-0.25, -0.2) is 9.59 Å². The van der Waals surface area contributed by atoms with E-state index in [1.54, 1.807) is 24.3 Å². The number of alkyl carbamates (subject to hydrolysis) is 1. The summed E-state index contributed by atoms with van der Waals surface area (Å²) in [6.45, 7) is 0.121. The first-order valence-corrected chi connectivity index (χ1v) is 9.68. The fraction of sp³-hybridized carbons (Fsp3) is 0.167. The summed E-state index contributed by atoms with van der Waals surface area (Å²) in [5.74, 6) is -1.23. The van der Waals surface area contributed by atoms with Gasteiger partial charge in [0.25, 0.3) is 0 Å². The third-order valence-electron chi connectivity index (χ3n) is 5.33. The van der Waals surface area contributed by atoms with Crippen molar-refractivity contribution in [2.75, 3.05) is 12.3 Å². The number of fused-ring (bicyclic) bond motifs is 3. The molecule has 0 saturated carbocycles. The quantitative estimate of drug-likeness (QED) is 0.521. The zero-order chi connectivity index (χ0) is 21.8. The highest BCUT2D eigenvalue weighted by Gasteiger charge is 2.29. The first kappa shape index (κ1) is 18.2. The molecule has 0 radical (unpaired) electrons. The van der Waals surface area contributed by atoms with Crippen molar-refractivity contribution in [3.63, 3.8) is 0 Å². The Balaban J connectivity index is 1.41. The Hall–Kier alpha value is -3.80. The van der Waals surface area contributed by atoms with Crippen molar-refractivity contribution in [3.8, 4) is 11.1 Å². The lowest BCUT2D eigenvalue weighted by Gasteiger charge is -2.17. The molecule has 3 aromatic carbocycles. The minimum atomic E-state index is -1.14. The SMILES string of the molecule is [2H]Nc1ccc(C[C@H](NC(=O)OCC2c3ccccc3-c3ccccc32)C(=O)O)cc1. The standard InChI is InChI=1S/C24H22N2O4/c25-16-11-9-15(10-12-16)13-22(23(27)28)26-24(29)30-14-21-19-7-3-1-5-17(19)18-6-2-4-8-20(18)21/h1-12,21-22H,13-14,25H2,(H,26,29)(H,27,28)/t22-/m0/s1/i/hD. The number of benzene rings is 3. The first-order valence-electron chi connectivity index (χ1n) is 10.2. The van der Waals surface area contributed by atoms with Crippen LogP contribution in [0.3, 0.4) is 0 Å². The van der Waals surface area contributed by atoms with Gasteiger partial charge < -0.3 is 20.9 Å². The monoisotopic (exact) mass is 403 g/mol. The van der Waals surface area contributed by atoms with Gasteiger partial charge >= 0.3 is 12.1 Å². The highest BCUT2D eigenvalue weighted by molar-refractivity contribution is 5.81. The second-order valence-electron chi connectivity index (χ2n) is 7.26. The van der Waals surface area contributed by atoms with Gasteiger partial charge in [-0.3, -0.25) is 0 Å². The van der Waals surface area contributed by atoms with Crippen LogP contribution in [0.4, 0.5) is 10.5 Å². The van der Waals surface area contributed by atoms with Crippen molar-refractivity contribution >= 4 is 17.7 Å². The van der Waals surface area contributed by atoms with Crippen LogP contribution in [-0.2, 0) is 16.0 Å². The number of rotatable bonds is 7. The van der Waals surface area contributed by atoms with Gasteiger partial charge in [0.15, 0.2) is 1.41 Å². The Kier molecular flexibility index (Phi) is 5.04. The van der Waals surface area contributed by atoms with E-state index in [1.165, 1.54) is 0 Å². The number of aliphatic carboxylic acids is 1. The maximum Gasteiger partial charge on any atom is 0.407 e. The second kappa shape index (κ2) is 8.29. The Morgan fingerprint density at radius 1 is 1.00 bits per heavy atom. The highest BCUT2D eigenvalue weighted by atomic mass is 16.5. The van der Waals surface area contributed by atoms with Crippen molar-refractivity contribution in [1.29, 1.82) is 0 Å². The predicted octanol–water partition coefficient (Wildman–Crippen LogP) is 3.80. The van der Waals surface area contributed by atoms with Crippen LogP contribution >= 0.6 is 0 Å². The predicted molar refractivity (Wildman–Crippen MR) is 114 cm³/mol. The summed E-state index contributed by atoms with van der Waals surface area (Å²) < 4.78 is 12.6. The van der Waals surface area contributed by atoms with E-state index in [9.17, 15) is 14.7 Å². The van der Waals surface area contributed by atoms with Crippen LogP contribution in [0.2, 0.25) is 1.41 Å². The Morgan fingerprint density at radius 2 is 1.60 bits per heavy atom. The molecule has 6 heteroatoms. The summed E-state index contributed by atoms with van der Waals surface area (Å²) in [7, 11) is 0. The van der Waals surface area contributed by atoms with E-state index in [4.69, 9.17) is 6.15 Å². The zero-order valence-electron chi connectivity index (χ0n) is 17.2. The molecule has 1 aliphatic rings. The number of nitrogens with one attached hydrogen (secondary N) is 1. The molecule has 0 aromatic heterocycles. The van der Waals surface area contributed by atoms with E-state index in [-0.39, 0.29) is 18.9 Å². The van der Waals surface area contributed by atoms with Crippen LogP contribution < -0.4 is 11.0 Å². The first-order chi connectivity index (χ1) is 15.1. The Labute approximate surface area is 175 Å². The van der Waals surface area contributed by atoms with Gasteiger partial charge in [0.2, 0.25) is 0 Å². The molecule has 6 nitrogen and oxygen atoms in total. The third kappa shape index (κ3) is 3.98. The summed E-state index contributed by atoms with van der Waals surface area (Å²) in [6.07, 6.45) is -0.656. The normalized spacial score (nSPS) is 13.5. The van der Waals surface area contributed by atoms with E-state index in [2.05, 4.69) is 23.2 Å². The van der Waals surface area contributed by atoms with Crippen LogP contribution in [0.15, 0.2) is 72.8 Å². The number of carboxylic acids is 1. The average molecular weight is 403 g/mol. The molecule has 1 amide bonds. The smallest absolute Gasteiger partial charge is 0.407 e. The molecule has 3 aromatic rings. The number of hydrogen-bond donors (Lipinski definition) is 3. The minimum Gasteiger partial charge on any atom is -0.480 e. The van der Waals surface area contributed by atoms with Gasteiger partial charge in [0.05, 0.1) is 0 Å². The molecule has 152 valence electrons. The third-order valence-corrected chi connectivity index (χ3v) is 5.33. The maximum absolute atomic E-state index is 12.4. The molecule has 0 aliphatic heterocycles. The topological polar surface area (TPSA) is 102 Å². The number of ether oxygens (including phenoxy) is 1. The second-order valence-corrected chi connectivity index (χ2v) is 7.26. The van der Waals surface area contributed by atoms with Crippen molar-refractivity contribution in [2.45, 2.75) is 18.4 Å². The lowest BCUT2D eigenvalue weighted by molar-refractivity contribution is -0.139. The molecule has 0 saturated heterocycles. The van der Waals surface area contributed by atoms with Crippen LogP contribution in [0.5, 0.6) is 0 Å². The van der Waals surface area contributed by atoms with Crippen molar-refractivity contribution < 1.29 is 20.8 Å². The van der Waals surface area contributed by atoms with Crippen molar-refractivity contribution in [2.24, 2.45) is 0 Å². The number of anilines is 1. The lowest BCUT2D eigenvalue weighted by Crippen LogP contribution is -2.42. The number of amides is 1. The molecule has 1 aliphatic carbocycles. The van der Waals surface area contributed by atoms with Gasteiger partial charge in [0.1, 0.15) is 12.6 Å². The van der Waals surface area contributed by atoms with Gasteiger partial charge in [-0.05, 0) is 39.9 Å². The molecule has 0 unspecified atom stereocenters.